The SMILES string of the molecule is CN=C(NCc1ccc(OCC2CC2)nc1)N1CCS(=O)(=O)C(C)(C)C1. The molecule has 2 fully saturated rings. The van der Waals surface area contributed by atoms with Gasteiger partial charge in [-0.15, -0.1) is 0 Å². The Kier molecular flexibility index (Phi) is 5.41. The van der Waals surface area contributed by atoms with Gasteiger partial charge in [0.2, 0.25) is 5.88 Å². The maximum atomic E-state index is 12.2. The number of ether oxygens (including phenoxy) is 1. The first kappa shape index (κ1) is 18.9. The van der Waals surface area contributed by atoms with Crippen molar-refractivity contribution in [1.29, 1.82) is 0 Å². The van der Waals surface area contributed by atoms with E-state index in [1.54, 1.807) is 27.1 Å². The number of sulfone groups is 1. The van der Waals surface area contributed by atoms with E-state index < -0.39 is 14.6 Å². The van der Waals surface area contributed by atoms with Crippen LogP contribution in [0.5, 0.6) is 5.88 Å². The standard InChI is InChI=1S/C18H28N4O3S/c1-18(2)13-22(8-9-26(18,23)24)17(19-3)21-11-15-6-7-16(20-10-15)25-12-14-4-5-14/h6-7,10,14H,4-5,8-9,11-13H2,1-3H3,(H,19,21). The average molecular weight is 381 g/mol. The first-order valence-electron chi connectivity index (χ1n) is 9.06. The molecule has 2 heterocycles. The smallest absolute Gasteiger partial charge is 0.213 e. The molecule has 1 saturated carbocycles. The molecule has 26 heavy (non-hydrogen) atoms. The Morgan fingerprint density at radius 3 is 2.77 bits per heavy atom. The molecule has 0 spiro atoms. The second-order valence-corrected chi connectivity index (χ2v) is 10.4. The maximum Gasteiger partial charge on any atom is 0.213 e. The van der Waals surface area contributed by atoms with Crippen LogP contribution in [0.4, 0.5) is 0 Å². The molecule has 144 valence electrons. The Hall–Kier alpha value is -1.83. The molecule has 1 aliphatic heterocycles. The summed E-state index contributed by atoms with van der Waals surface area (Å²) < 4.78 is 29.2. The molecule has 0 radical (unpaired) electrons. The highest BCUT2D eigenvalue weighted by molar-refractivity contribution is 7.92. The molecule has 1 aromatic rings. The third kappa shape index (κ3) is 4.47. The topological polar surface area (TPSA) is 83.9 Å². The summed E-state index contributed by atoms with van der Waals surface area (Å²) in [6.07, 6.45) is 4.32. The fourth-order valence-corrected chi connectivity index (χ4v) is 4.29. The summed E-state index contributed by atoms with van der Waals surface area (Å²) in [6.45, 7) is 5.76. The number of hydrogen-bond acceptors (Lipinski definition) is 5. The molecule has 0 aromatic carbocycles. The van der Waals surface area contributed by atoms with E-state index in [0.717, 1.165) is 12.2 Å². The zero-order valence-electron chi connectivity index (χ0n) is 15.7. The zero-order chi connectivity index (χ0) is 18.8. The number of hydrogen-bond donors (Lipinski definition) is 1. The molecule has 0 atom stereocenters. The number of aromatic nitrogens is 1. The lowest BCUT2D eigenvalue weighted by molar-refractivity contribution is 0.288. The first-order valence-corrected chi connectivity index (χ1v) is 10.7. The second-order valence-electron chi connectivity index (χ2n) is 7.66. The van der Waals surface area contributed by atoms with Crippen molar-refractivity contribution in [2.75, 3.05) is 32.5 Å². The Morgan fingerprint density at radius 1 is 1.42 bits per heavy atom. The van der Waals surface area contributed by atoms with Crippen LogP contribution < -0.4 is 10.1 Å². The Labute approximate surface area is 155 Å². The number of nitrogens with zero attached hydrogens (tertiary/aromatic N) is 3. The summed E-state index contributed by atoms with van der Waals surface area (Å²) in [5.74, 6) is 2.23. The predicted octanol–water partition coefficient (Wildman–Crippen LogP) is 1.45. The Balaban J connectivity index is 1.54. The zero-order valence-corrected chi connectivity index (χ0v) is 16.6. The van der Waals surface area contributed by atoms with Crippen molar-refractivity contribution in [2.24, 2.45) is 10.9 Å². The molecule has 0 unspecified atom stereocenters. The van der Waals surface area contributed by atoms with E-state index >= 15 is 0 Å². The number of rotatable bonds is 5. The largest absolute Gasteiger partial charge is 0.477 e. The van der Waals surface area contributed by atoms with Gasteiger partial charge in [-0.25, -0.2) is 13.4 Å². The minimum absolute atomic E-state index is 0.148. The Morgan fingerprint density at radius 2 is 2.19 bits per heavy atom. The van der Waals surface area contributed by atoms with E-state index in [1.807, 2.05) is 17.0 Å². The van der Waals surface area contributed by atoms with E-state index in [-0.39, 0.29) is 5.75 Å². The van der Waals surface area contributed by atoms with Gasteiger partial charge < -0.3 is 15.0 Å². The van der Waals surface area contributed by atoms with E-state index in [0.29, 0.717) is 37.4 Å². The highest BCUT2D eigenvalue weighted by atomic mass is 32.2. The van der Waals surface area contributed by atoms with Crippen LogP contribution in [0.2, 0.25) is 0 Å². The summed E-state index contributed by atoms with van der Waals surface area (Å²) in [4.78, 5) is 10.6. The molecule has 1 N–H and O–H groups in total. The number of pyridine rings is 1. The molecule has 3 rings (SSSR count). The van der Waals surface area contributed by atoms with Gasteiger partial charge in [0.05, 0.1) is 17.1 Å². The van der Waals surface area contributed by atoms with Gasteiger partial charge in [0.1, 0.15) is 0 Å². The van der Waals surface area contributed by atoms with Crippen LogP contribution in [0.3, 0.4) is 0 Å². The van der Waals surface area contributed by atoms with Gasteiger partial charge in [-0.3, -0.25) is 4.99 Å². The molecule has 1 aromatic heterocycles. The molecule has 1 aliphatic carbocycles. The summed E-state index contributed by atoms with van der Waals surface area (Å²) in [5.41, 5.74) is 1.02. The summed E-state index contributed by atoms with van der Waals surface area (Å²) in [5, 5.41) is 3.30. The van der Waals surface area contributed by atoms with Gasteiger partial charge in [-0.2, -0.15) is 0 Å². The normalized spacial score (nSPS) is 22.1. The van der Waals surface area contributed by atoms with Crippen LogP contribution in [0, 0.1) is 5.92 Å². The van der Waals surface area contributed by atoms with Crippen molar-refractivity contribution in [3.8, 4) is 5.88 Å². The van der Waals surface area contributed by atoms with Crippen LogP contribution in [0.1, 0.15) is 32.3 Å². The first-order chi connectivity index (χ1) is 12.3. The lowest BCUT2D eigenvalue weighted by Gasteiger charge is -2.39. The molecule has 0 amide bonds. The molecule has 1 saturated heterocycles. The van der Waals surface area contributed by atoms with Gasteiger partial charge in [0.25, 0.3) is 0 Å². The van der Waals surface area contributed by atoms with Crippen LogP contribution in [-0.2, 0) is 16.4 Å². The average Bonchev–Trinajstić information content (AvgIpc) is 3.42. The quantitative estimate of drug-likeness (QED) is 0.615. The summed E-state index contributed by atoms with van der Waals surface area (Å²) >= 11 is 0. The maximum absolute atomic E-state index is 12.2. The molecule has 7 nitrogen and oxygen atoms in total. The van der Waals surface area contributed by atoms with E-state index in [1.165, 1.54) is 12.8 Å². The Bertz CT molecular complexity index is 755. The van der Waals surface area contributed by atoms with Crippen molar-refractivity contribution >= 4 is 15.8 Å². The lowest BCUT2D eigenvalue weighted by Crippen LogP contribution is -2.57. The highest BCUT2D eigenvalue weighted by Crippen LogP contribution is 2.29. The van der Waals surface area contributed by atoms with E-state index in [4.69, 9.17) is 4.74 Å². The van der Waals surface area contributed by atoms with Gasteiger partial charge in [0, 0.05) is 38.9 Å². The fraction of sp³-hybridized carbons (Fsp3) is 0.667. The molecule has 8 heteroatoms. The van der Waals surface area contributed by atoms with Crippen molar-refractivity contribution < 1.29 is 13.2 Å². The van der Waals surface area contributed by atoms with E-state index in [2.05, 4.69) is 15.3 Å². The minimum Gasteiger partial charge on any atom is -0.477 e. The number of nitrogens with one attached hydrogen (secondary N) is 1. The monoisotopic (exact) mass is 380 g/mol. The summed E-state index contributed by atoms with van der Waals surface area (Å²) in [7, 11) is -1.35. The highest BCUT2D eigenvalue weighted by Gasteiger charge is 2.40. The fourth-order valence-electron chi connectivity index (χ4n) is 2.93. The van der Waals surface area contributed by atoms with Crippen LogP contribution in [0.25, 0.3) is 0 Å². The molecular formula is C18H28N4O3S. The van der Waals surface area contributed by atoms with Crippen LogP contribution in [-0.4, -0.2) is 61.5 Å². The van der Waals surface area contributed by atoms with Crippen LogP contribution >= 0.6 is 0 Å². The predicted molar refractivity (Wildman–Crippen MR) is 102 cm³/mol. The van der Waals surface area contributed by atoms with Crippen molar-refractivity contribution in [3.05, 3.63) is 23.9 Å². The van der Waals surface area contributed by atoms with Gasteiger partial charge in [-0.1, -0.05) is 6.07 Å². The van der Waals surface area contributed by atoms with Gasteiger partial charge in [0.15, 0.2) is 15.8 Å². The molecule has 0 bridgehead atoms. The van der Waals surface area contributed by atoms with Crippen molar-refractivity contribution in [1.82, 2.24) is 15.2 Å². The minimum atomic E-state index is -3.06. The van der Waals surface area contributed by atoms with E-state index in [9.17, 15) is 8.42 Å². The van der Waals surface area contributed by atoms with Gasteiger partial charge in [-0.05, 0) is 38.2 Å². The molecule has 2 aliphatic rings. The van der Waals surface area contributed by atoms with Gasteiger partial charge >= 0.3 is 0 Å². The lowest BCUT2D eigenvalue weighted by atomic mass is 10.2. The third-order valence-corrected chi connectivity index (χ3v) is 7.50. The second kappa shape index (κ2) is 7.42. The van der Waals surface area contributed by atoms with Crippen molar-refractivity contribution in [2.45, 2.75) is 38.0 Å². The van der Waals surface area contributed by atoms with Crippen LogP contribution in [0.15, 0.2) is 23.3 Å². The van der Waals surface area contributed by atoms with Crippen molar-refractivity contribution in [3.63, 3.8) is 0 Å². The summed E-state index contributed by atoms with van der Waals surface area (Å²) in [6, 6.07) is 3.87. The molecular weight excluding hydrogens is 352 g/mol. The number of guanidine groups is 1. The third-order valence-electron chi connectivity index (χ3n) is 4.97. The number of aliphatic imine (C=N–C) groups is 1.